The first-order valence-electron chi connectivity index (χ1n) is 8.99. The number of esters is 1. The van der Waals surface area contributed by atoms with Gasteiger partial charge in [0.15, 0.2) is 17.3 Å². The molecule has 0 radical (unpaired) electrons. The van der Waals surface area contributed by atoms with Gasteiger partial charge in [-0.15, -0.1) is 0 Å². The number of allylic oxidation sites excluding steroid dienone is 1. The van der Waals surface area contributed by atoms with Crippen LogP contribution in [0, 0.1) is 0 Å². The maximum Gasteiger partial charge on any atom is 0.355 e. The average Bonchev–Trinajstić information content (AvgIpc) is 3.26. The van der Waals surface area contributed by atoms with Crippen LogP contribution in [0.2, 0.25) is 0 Å². The minimum atomic E-state index is -0.883. The summed E-state index contributed by atoms with van der Waals surface area (Å²) in [6.45, 7) is 0. The third-order valence-corrected chi connectivity index (χ3v) is 5.31. The predicted molar refractivity (Wildman–Crippen MR) is 112 cm³/mol. The van der Waals surface area contributed by atoms with E-state index in [1.807, 2.05) is 0 Å². The van der Waals surface area contributed by atoms with Crippen molar-refractivity contribution in [3.05, 3.63) is 69.3 Å². The fraction of sp³-hybridized carbons (Fsp3) is 0.150. The van der Waals surface area contributed by atoms with Crippen LogP contribution in [0.4, 0.5) is 5.95 Å². The SMILES string of the molecule is COC(=O)C1=C(C(=O)c2ccc(Br)cc2)[C@@H](c2ccc(O)c(OC)c2)n2nnnc2N1. The second-order valence-corrected chi connectivity index (χ2v) is 7.44. The number of anilines is 1. The van der Waals surface area contributed by atoms with Gasteiger partial charge in [0.25, 0.3) is 0 Å². The van der Waals surface area contributed by atoms with Crippen molar-refractivity contribution in [2.75, 3.05) is 19.5 Å². The Morgan fingerprint density at radius 2 is 1.90 bits per heavy atom. The Morgan fingerprint density at radius 1 is 1.16 bits per heavy atom. The Hall–Kier alpha value is -3.73. The van der Waals surface area contributed by atoms with Crippen LogP contribution < -0.4 is 10.1 Å². The molecule has 0 amide bonds. The number of tetrazole rings is 1. The van der Waals surface area contributed by atoms with E-state index >= 15 is 0 Å². The number of ether oxygens (including phenoxy) is 2. The number of halogens is 1. The van der Waals surface area contributed by atoms with Crippen LogP contribution in [-0.4, -0.2) is 51.3 Å². The maximum absolute atomic E-state index is 13.6. The van der Waals surface area contributed by atoms with Crippen molar-refractivity contribution < 1.29 is 24.2 Å². The predicted octanol–water partition coefficient (Wildman–Crippen LogP) is 2.47. The second-order valence-electron chi connectivity index (χ2n) is 6.52. The Labute approximate surface area is 184 Å². The van der Waals surface area contributed by atoms with Gasteiger partial charge in [0.2, 0.25) is 5.95 Å². The minimum absolute atomic E-state index is 0.0740. The molecule has 11 heteroatoms. The third-order valence-electron chi connectivity index (χ3n) is 4.78. The Bertz CT molecular complexity index is 1200. The molecule has 4 rings (SSSR count). The molecule has 2 aromatic carbocycles. The zero-order valence-electron chi connectivity index (χ0n) is 16.4. The maximum atomic E-state index is 13.6. The molecule has 0 unspecified atom stereocenters. The van der Waals surface area contributed by atoms with E-state index in [0.29, 0.717) is 11.1 Å². The highest BCUT2D eigenvalue weighted by Gasteiger charge is 2.38. The van der Waals surface area contributed by atoms with Gasteiger partial charge in [0.1, 0.15) is 11.7 Å². The van der Waals surface area contributed by atoms with Gasteiger partial charge in [-0.1, -0.05) is 27.1 Å². The standard InChI is InChI=1S/C20H16BrN5O5/c1-30-14-9-11(5-8-13(14)27)17-15(18(28)10-3-6-12(21)7-4-10)16(19(29)31-2)22-20-23-24-25-26(17)20/h3-9,17,27H,1-2H3,(H,22,23,25)/t17-/m1/s1. The highest BCUT2D eigenvalue weighted by atomic mass is 79.9. The number of methoxy groups -OCH3 is 2. The summed E-state index contributed by atoms with van der Waals surface area (Å²) >= 11 is 3.35. The smallest absolute Gasteiger partial charge is 0.355 e. The lowest BCUT2D eigenvalue weighted by Crippen LogP contribution is -2.33. The molecule has 0 spiro atoms. The van der Waals surface area contributed by atoms with Crippen molar-refractivity contribution in [1.29, 1.82) is 0 Å². The van der Waals surface area contributed by atoms with Gasteiger partial charge >= 0.3 is 5.97 Å². The van der Waals surface area contributed by atoms with Gasteiger partial charge in [-0.25, -0.2) is 4.79 Å². The van der Waals surface area contributed by atoms with Crippen LogP contribution in [0.3, 0.4) is 0 Å². The molecule has 10 nitrogen and oxygen atoms in total. The van der Waals surface area contributed by atoms with Crippen LogP contribution >= 0.6 is 15.9 Å². The van der Waals surface area contributed by atoms with E-state index in [4.69, 9.17) is 9.47 Å². The topological polar surface area (TPSA) is 128 Å². The van der Waals surface area contributed by atoms with Crippen LogP contribution in [-0.2, 0) is 9.53 Å². The molecule has 1 aliphatic heterocycles. The van der Waals surface area contributed by atoms with Crippen molar-refractivity contribution >= 4 is 33.6 Å². The monoisotopic (exact) mass is 485 g/mol. The van der Waals surface area contributed by atoms with E-state index in [-0.39, 0.29) is 28.7 Å². The lowest BCUT2D eigenvalue weighted by Gasteiger charge is -2.28. The molecule has 3 aromatic rings. The number of hydrogen-bond donors (Lipinski definition) is 2. The van der Waals surface area contributed by atoms with Crippen LogP contribution in [0.15, 0.2) is 58.2 Å². The van der Waals surface area contributed by atoms with Crippen LogP contribution in [0.25, 0.3) is 0 Å². The van der Waals surface area contributed by atoms with E-state index in [1.165, 1.54) is 25.0 Å². The Balaban J connectivity index is 1.96. The first kappa shape index (κ1) is 20.5. The summed E-state index contributed by atoms with van der Waals surface area (Å²) in [5.41, 5.74) is 0.886. The molecular formula is C20H16BrN5O5. The van der Waals surface area contributed by atoms with Crippen LogP contribution in [0.1, 0.15) is 22.0 Å². The highest BCUT2D eigenvalue weighted by molar-refractivity contribution is 9.10. The first-order chi connectivity index (χ1) is 14.9. The van der Waals surface area contributed by atoms with Gasteiger partial charge < -0.3 is 19.9 Å². The summed E-state index contributed by atoms with van der Waals surface area (Å²) in [6.07, 6.45) is 0. The number of ketones is 1. The molecule has 2 N–H and O–H groups in total. The summed E-state index contributed by atoms with van der Waals surface area (Å²) in [5.74, 6) is -0.885. The lowest BCUT2D eigenvalue weighted by atomic mass is 9.89. The molecule has 0 fully saturated rings. The van der Waals surface area contributed by atoms with Gasteiger partial charge in [-0.3, -0.25) is 4.79 Å². The van der Waals surface area contributed by atoms with E-state index in [2.05, 4.69) is 36.8 Å². The molecular weight excluding hydrogens is 470 g/mol. The third kappa shape index (κ3) is 3.63. The van der Waals surface area contributed by atoms with Gasteiger partial charge in [-0.05, 0) is 52.4 Å². The molecule has 0 bridgehead atoms. The Kier molecular flexibility index (Phi) is 5.42. The number of phenols is 1. The van der Waals surface area contributed by atoms with Crippen molar-refractivity contribution in [1.82, 2.24) is 20.2 Å². The number of benzene rings is 2. The molecule has 0 saturated carbocycles. The number of nitrogens with one attached hydrogen (secondary N) is 1. The number of hydrogen-bond acceptors (Lipinski definition) is 9. The number of phenolic OH excluding ortho intramolecular Hbond substituents is 1. The molecule has 1 aromatic heterocycles. The van der Waals surface area contributed by atoms with Crippen molar-refractivity contribution in [2.45, 2.75) is 6.04 Å². The fourth-order valence-electron chi connectivity index (χ4n) is 3.32. The number of aromatic hydroxyl groups is 1. The molecule has 0 saturated heterocycles. The number of carbonyl (C=O) groups is 2. The van der Waals surface area contributed by atoms with Gasteiger partial charge in [0, 0.05) is 10.0 Å². The fourth-order valence-corrected chi connectivity index (χ4v) is 3.58. The molecule has 1 atom stereocenters. The zero-order valence-corrected chi connectivity index (χ0v) is 18.0. The molecule has 0 aliphatic carbocycles. The number of aromatic nitrogens is 4. The summed E-state index contributed by atoms with van der Waals surface area (Å²) < 4.78 is 12.3. The van der Waals surface area contributed by atoms with Crippen molar-refractivity contribution in [3.8, 4) is 11.5 Å². The minimum Gasteiger partial charge on any atom is -0.504 e. The number of Topliss-reactive ketones (excluding diaryl/α,β-unsaturated/α-hetero) is 1. The zero-order chi connectivity index (χ0) is 22.1. The number of carbonyl (C=O) groups excluding carboxylic acids is 2. The summed E-state index contributed by atoms with van der Waals surface area (Å²) in [7, 11) is 2.63. The molecule has 2 heterocycles. The number of nitrogens with zero attached hydrogens (tertiary/aromatic N) is 4. The van der Waals surface area contributed by atoms with Crippen LogP contribution in [0.5, 0.6) is 11.5 Å². The van der Waals surface area contributed by atoms with Gasteiger partial charge in [-0.2, -0.15) is 4.68 Å². The first-order valence-corrected chi connectivity index (χ1v) is 9.78. The molecule has 31 heavy (non-hydrogen) atoms. The van der Waals surface area contributed by atoms with E-state index < -0.39 is 17.8 Å². The van der Waals surface area contributed by atoms with E-state index in [9.17, 15) is 14.7 Å². The number of fused-ring (bicyclic) bond motifs is 1. The van der Waals surface area contributed by atoms with Crippen molar-refractivity contribution in [2.24, 2.45) is 0 Å². The molecule has 1 aliphatic rings. The summed E-state index contributed by atoms with van der Waals surface area (Å²) in [6, 6.07) is 10.4. The van der Waals surface area contributed by atoms with E-state index in [0.717, 1.165) is 4.47 Å². The van der Waals surface area contributed by atoms with Crippen molar-refractivity contribution in [3.63, 3.8) is 0 Å². The van der Waals surface area contributed by atoms with E-state index in [1.54, 1.807) is 36.4 Å². The number of rotatable bonds is 5. The quantitative estimate of drug-likeness (QED) is 0.413. The normalized spacial score (nSPS) is 15.1. The summed E-state index contributed by atoms with van der Waals surface area (Å²) in [5, 5.41) is 24.4. The molecule has 158 valence electrons. The van der Waals surface area contributed by atoms with Gasteiger partial charge in [0.05, 0.1) is 19.8 Å². The highest BCUT2D eigenvalue weighted by Crippen LogP contribution is 2.39. The second kappa shape index (κ2) is 8.19. The average molecular weight is 486 g/mol. The Morgan fingerprint density at radius 3 is 2.58 bits per heavy atom. The largest absolute Gasteiger partial charge is 0.504 e. The summed E-state index contributed by atoms with van der Waals surface area (Å²) in [4.78, 5) is 26.2. The lowest BCUT2D eigenvalue weighted by molar-refractivity contribution is -0.136.